The van der Waals surface area contributed by atoms with Crippen LogP contribution in [0.25, 0.3) is 0 Å². The third kappa shape index (κ3) is 7.35. The van der Waals surface area contributed by atoms with E-state index in [-0.39, 0.29) is 35.4 Å². The number of para-hydroxylation sites is 1. The number of sulfonamides is 1. The second-order valence-electron chi connectivity index (χ2n) is 5.38. The third-order valence-electron chi connectivity index (χ3n) is 3.63. The van der Waals surface area contributed by atoms with Crippen molar-refractivity contribution in [2.45, 2.75) is 11.4 Å². The summed E-state index contributed by atoms with van der Waals surface area (Å²) in [7, 11) is -0.208. The number of hydrogen-bond donors (Lipinski definition) is 3. The molecule has 7 nitrogen and oxygen atoms in total. The van der Waals surface area contributed by atoms with Crippen LogP contribution >= 0.6 is 24.0 Å². The zero-order valence-electron chi connectivity index (χ0n) is 15.3. The highest BCUT2D eigenvalue weighted by molar-refractivity contribution is 14.0. The highest BCUT2D eigenvalue weighted by Gasteiger charge is 2.12. The van der Waals surface area contributed by atoms with E-state index in [1.54, 1.807) is 44.5 Å². The largest absolute Gasteiger partial charge is 0.496 e. The van der Waals surface area contributed by atoms with Crippen molar-refractivity contribution >= 4 is 40.0 Å². The lowest BCUT2D eigenvalue weighted by Crippen LogP contribution is -2.41. The van der Waals surface area contributed by atoms with Crippen molar-refractivity contribution in [2.75, 3.05) is 27.2 Å². The Morgan fingerprint density at radius 3 is 2.33 bits per heavy atom. The Bertz CT molecular complexity index is 830. The number of rotatable bonds is 8. The molecule has 9 heteroatoms. The summed E-state index contributed by atoms with van der Waals surface area (Å²) in [5.74, 6) is 1.38. The van der Waals surface area contributed by atoms with Gasteiger partial charge in [-0.2, -0.15) is 0 Å². The SMILES string of the molecule is CN=C(NCCNS(=O)(=O)c1ccccc1)NCc1ccccc1OC.I. The smallest absolute Gasteiger partial charge is 0.240 e. The normalized spacial score (nSPS) is 11.4. The van der Waals surface area contributed by atoms with Crippen LogP contribution in [0, 0.1) is 0 Å². The molecule has 0 heterocycles. The van der Waals surface area contributed by atoms with Gasteiger partial charge in [0.2, 0.25) is 10.0 Å². The molecule has 0 amide bonds. The summed E-state index contributed by atoms with van der Waals surface area (Å²) in [6.07, 6.45) is 0. The van der Waals surface area contributed by atoms with Gasteiger partial charge in [-0.3, -0.25) is 4.99 Å². The molecule has 0 aliphatic heterocycles. The molecule has 2 rings (SSSR count). The van der Waals surface area contributed by atoms with E-state index in [1.165, 1.54) is 0 Å². The highest BCUT2D eigenvalue weighted by atomic mass is 127. The lowest BCUT2D eigenvalue weighted by atomic mass is 10.2. The molecule has 2 aromatic rings. The number of nitrogens with one attached hydrogen (secondary N) is 3. The summed E-state index contributed by atoms with van der Waals surface area (Å²) < 4.78 is 32.1. The molecule has 0 aliphatic rings. The first-order valence-corrected chi connectivity index (χ1v) is 9.66. The van der Waals surface area contributed by atoms with Crippen molar-refractivity contribution in [3.8, 4) is 5.75 Å². The van der Waals surface area contributed by atoms with Gasteiger partial charge in [-0.15, -0.1) is 24.0 Å². The van der Waals surface area contributed by atoms with E-state index >= 15 is 0 Å². The molecule has 0 saturated carbocycles. The standard InChI is InChI=1S/C18H24N4O3S.HI/c1-19-18(21-14-15-8-6-7-11-17(15)25-2)20-12-13-22-26(23,24)16-9-4-3-5-10-16;/h3-11,22H,12-14H2,1-2H3,(H2,19,20,21);1H. The number of nitrogens with zero attached hydrogens (tertiary/aromatic N) is 1. The van der Waals surface area contributed by atoms with E-state index in [9.17, 15) is 8.42 Å². The van der Waals surface area contributed by atoms with E-state index < -0.39 is 10.0 Å². The number of guanidine groups is 1. The molecule has 0 unspecified atom stereocenters. The quantitative estimate of drug-likeness (QED) is 0.221. The van der Waals surface area contributed by atoms with Gasteiger partial charge >= 0.3 is 0 Å². The molecular weight excluding hydrogens is 479 g/mol. The van der Waals surface area contributed by atoms with E-state index in [0.717, 1.165) is 11.3 Å². The average Bonchev–Trinajstić information content (AvgIpc) is 2.68. The summed E-state index contributed by atoms with van der Waals surface area (Å²) in [5, 5.41) is 6.24. The molecule has 0 aliphatic carbocycles. The minimum absolute atomic E-state index is 0. The Balaban J connectivity index is 0.00000364. The van der Waals surface area contributed by atoms with Crippen LogP contribution in [0.15, 0.2) is 64.5 Å². The van der Waals surface area contributed by atoms with E-state index in [4.69, 9.17) is 4.74 Å². The first kappa shape index (κ1) is 23.2. The summed E-state index contributed by atoms with van der Waals surface area (Å²) in [6.45, 7) is 1.18. The van der Waals surface area contributed by atoms with E-state index in [1.807, 2.05) is 24.3 Å². The van der Waals surface area contributed by atoms with Gasteiger partial charge in [0.25, 0.3) is 0 Å². The van der Waals surface area contributed by atoms with Gasteiger partial charge < -0.3 is 15.4 Å². The first-order chi connectivity index (χ1) is 12.6. The molecule has 0 spiro atoms. The number of benzene rings is 2. The molecule has 0 radical (unpaired) electrons. The Morgan fingerprint density at radius 2 is 1.67 bits per heavy atom. The zero-order chi connectivity index (χ0) is 18.8. The fourth-order valence-corrected chi connectivity index (χ4v) is 3.35. The topological polar surface area (TPSA) is 91.8 Å². The van der Waals surface area contributed by atoms with Crippen LogP contribution in [-0.2, 0) is 16.6 Å². The fraction of sp³-hybridized carbons (Fsp3) is 0.278. The van der Waals surface area contributed by atoms with Crippen LogP contribution in [0.4, 0.5) is 0 Å². The highest BCUT2D eigenvalue weighted by Crippen LogP contribution is 2.16. The summed E-state index contributed by atoms with van der Waals surface area (Å²) in [5.41, 5.74) is 1.00. The number of ether oxygens (including phenoxy) is 1. The second-order valence-corrected chi connectivity index (χ2v) is 7.14. The van der Waals surface area contributed by atoms with Crippen LogP contribution in [0.2, 0.25) is 0 Å². The van der Waals surface area contributed by atoms with Crippen LogP contribution in [0.3, 0.4) is 0 Å². The van der Waals surface area contributed by atoms with Crippen molar-refractivity contribution in [1.82, 2.24) is 15.4 Å². The van der Waals surface area contributed by atoms with Gasteiger partial charge in [0.1, 0.15) is 5.75 Å². The Morgan fingerprint density at radius 1 is 1.00 bits per heavy atom. The minimum Gasteiger partial charge on any atom is -0.496 e. The van der Waals surface area contributed by atoms with Gasteiger partial charge in [0.05, 0.1) is 12.0 Å². The molecule has 0 saturated heterocycles. The zero-order valence-corrected chi connectivity index (χ0v) is 18.5. The Labute approximate surface area is 177 Å². The van der Waals surface area contributed by atoms with Gasteiger partial charge in [-0.05, 0) is 18.2 Å². The van der Waals surface area contributed by atoms with Crippen LogP contribution in [0.1, 0.15) is 5.56 Å². The molecular formula is C18H25IN4O3S. The number of methoxy groups -OCH3 is 1. The van der Waals surface area contributed by atoms with E-state index in [2.05, 4.69) is 20.3 Å². The summed E-state index contributed by atoms with van der Waals surface area (Å²) in [6, 6.07) is 16.0. The van der Waals surface area contributed by atoms with Crippen LogP contribution in [0.5, 0.6) is 5.75 Å². The predicted molar refractivity (Wildman–Crippen MR) is 118 cm³/mol. The van der Waals surface area contributed by atoms with Gasteiger partial charge in [0.15, 0.2) is 5.96 Å². The van der Waals surface area contributed by atoms with Gasteiger partial charge in [-0.25, -0.2) is 13.1 Å². The predicted octanol–water partition coefficient (Wildman–Crippen LogP) is 1.96. The molecule has 0 atom stereocenters. The lowest BCUT2D eigenvalue weighted by molar-refractivity contribution is 0.409. The Hall–Kier alpha value is -1.85. The average molecular weight is 504 g/mol. The number of aliphatic imine (C=N–C) groups is 1. The van der Waals surface area contributed by atoms with Crippen molar-refractivity contribution in [3.63, 3.8) is 0 Å². The third-order valence-corrected chi connectivity index (χ3v) is 5.10. The number of halogens is 1. The first-order valence-electron chi connectivity index (χ1n) is 8.18. The van der Waals surface area contributed by atoms with Crippen molar-refractivity contribution in [1.29, 1.82) is 0 Å². The molecule has 0 aromatic heterocycles. The van der Waals surface area contributed by atoms with Gasteiger partial charge in [-0.1, -0.05) is 36.4 Å². The molecule has 0 fully saturated rings. The Kier molecular flexibility index (Phi) is 10.1. The van der Waals surface area contributed by atoms with Crippen molar-refractivity contribution < 1.29 is 13.2 Å². The summed E-state index contributed by atoms with van der Waals surface area (Å²) >= 11 is 0. The number of hydrogen-bond acceptors (Lipinski definition) is 4. The van der Waals surface area contributed by atoms with Crippen LogP contribution < -0.4 is 20.1 Å². The van der Waals surface area contributed by atoms with Gasteiger partial charge in [0, 0.05) is 32.2 Å². The van der Waals surface area contributed by atoms with Crippen LogP contribution in [-0.4, -0.2) is 41.6 Å². The van der Waals surface area contributed by atoms with Crippen molar-refractivity contribution in [2.24, 2.45) is 4.99 Å². The second kappa shape index (κ2) is 11.8. The maximum absolute atomic E-state index is 12.1. The molecule has 2 aromatic carbocycles. The molecule has 148 valence electrons. The summed E-state index contributed by atoms with van der Waals surface area (Å²) in [4.78, 5) is 4.38. The van der Waals surface area contributed by atoms with Crippen molar-refractivity contribution in [3.05, 3.63) is 60.2 Å². The monoisotopic (exact) mass is 504 g/mol. The van der Waals surface area contributed by atoms with E-state index in [0.29, 0.717) is 19.0 Å². The molecule has 27 heavy (non-hydrogen) atoms. The fourth-order valence-electron chi connectivity index (χ4n) is 2.30. The molecule has 3 N–H and O–H groups in total. The molecule has 0 bridgehead atoms. The lowest BCUT2D eigenvalue weighted by Gasteiger charge is -2.14. The minimum atomic E-state index is -3.50. The maximum Gasteiger partial charge on any atom is 0.240 e. The maximum atomic E-state index is 12.1.